The van der Waals surface area contributed by atoms with Crippen LogP contribution in [-0.4, -0.2) is 51.5 Å². The number of alkyl carbamates (subject to hydrolysis) is 1. The van der Waals surface area contributed by atoms with Gasteiger partial charge in [-0.25, -0.2) is 4.79 Å². The largest absolute Gasteiger partial charge is 0.444 e. The molecule has 1 amide bonds. The Morgan fingerprint density at radius 2 is 2.26 bits per heavy atom. The first-order valence-electron chi connectivity index (χ1n) is 8.03. The van der Waals surface area contributed by atoms with E-state index in [9.17, 15) is 4.79 Å². The lowest BCUT2D eigenvalue weighted by Gasteiger charge is -2.48. The lowest BCUT2D eigenvalue weighted by atomic mass is 9.71. The molecule has 0 aromatic carbocycles. The Balaban J connectivity index is 1.59. The van der Waals surface area contributed by atoms with Crippen molar-refractivity contribution < 1.29 is 14.3 Å². The maximum Gasteiger partial charge on any atom is 0.407 e. The Morgan fingerprint density at radius 1 is 1.48 bits per heavy atom. The van der Waals surface area contributed by atoms with Crippen LogP contribution in [0.3, 0.4) is 0 Å². The van der Waals surface area contributed by atoms with Crippen LogP contribution in [0.15, 0.2) is 6.20 Å². The fraction of sp³-hybridized carbons (Fsp3) is 0.800. The molecular formula is C15H25N5O3. The highest BCUT2D eigenvalue weighted by Gasteiger charge is 2.54. The lowest BCUT2D eigenvalue weighted by molar-refractivity contribution is -0.0346. The van der Waals surface area contributed by atoms with Crippen LogP contribution in [0.1, 0.15) is 32.9 Å². The number of aryl methyl sites for hydroxylation is 1. The number of nitrogens with one attached hydrogen (secondary N) is 2. The molecule has 8 heteroatoms. The summed E-state index contributed by atoms with van der Waals surface area (Å²) in [4.78, 5) is 12.1. The van der Waals surface area contributed by atoms with Crippen molar-refractivity contribution in [3.8, 4) is 0 Å². The molecule has 4 unspecified atom stereocenters. The summed E-state index contributed by atoms with van der Waals surface area (Å²) in [6, 6.07) is 0.100. The van der Waals surface area contributed by atoms with E-state index in [1.54, 1.807) is 10.9 Å². The molecule has 0 radical (unpaired) electrons. The summed E-state index contributed by atoms with van der Waals surface area (Å²) >= 11 is 0. The fourth-order valence-electron chi connectivity index (χ4n) is 3.28. The highest BCUT2D eigenvalue weighted by molar-refractivity contribution is 5.68. The minimum Gasteiger partial charge on any atom is -0.444 e. The van der Waals surface area contributed by atoms with Gasteiger partial charge in [-0.15, -0.1) is 5.10 Å². The Hall–Kier alpha value is -1.67. The minimum absolute atomic E-state index is 0.0264. The summed E-state index contributed by atoms with van der Waals surface area (Å²) in [6.07, 6.45) is 2.48. The molecule has 1 aliphatic carbocycles. The van der Waals surface area contributed by atoms with E-state index in [0.29, 0.717) is 12.5 Å². The highest BCUT2D eigenvalue weighted by Crippen LogP contribution is 2.39. The molecular weight excluding hydrogens is 298 g/mol. The molecule has 2 N–H and O–H groups in total. The van der Waals surface area contributed by atoms with Gasteiger partial charge in [0.05, 0.1) is 30.1 Å². The quantitative estimate of drug-likeness (QED) is 0.843. The third-order valence-electron chi connectivity index (χ3n) is 4.40. The Bertz CT molecular complexity index is 568. The van der Waals surface area contributed by atoms with Crippen molar-refractivity contribution in [1.82, 2.24) is 25.6 Å². The first-order chi connectivity index (χ1) is 10.8. The molecule has 0 bridgehead atoms. The molecule has 23 heavy (non-hydrogen) atoms. The van der Waals surface area contributed by atoms with Gasteiger partial charge in [-0.1, -0.05) is 5.21 Å². The van der Waals surface area contributed by atoms with E-state index in [2.05, 4.69) is 20.9 Å². The maximum atomic E-state index is 12.1. The topological polar surface area (TPSA) is 90.3 Å². The van der Waals surface area contributed by atoms with Crippen molar-refractivity contribution in [2.75, 3.05) is 6.61 Å². The monoisotopic (exact) mass is 323 g/mol. The van der Waals surface area contributed by atoms with E-state index in [1.807, 2.05) is 27.8 Å². The van der Waals surface area contributed by atoms with E-state index in [0.717, 1.165) is 18.7 Å². The van der Waals surface area contributed by atoms with Crippen molar-refractivity contribution in [1.29, 1.82) is 0 Å². The van der Waals surface area contributed by atoms with E-state index in [1.165, 1.54) is 0 Å². The predicted molar refractivity (Wildman–Crippen MR) is 82.6 cm³/mol. The van der Waals surface area contributed by atoms with Crippen molar-refractivity contribution in [2.45, 2.75) is 57.5 Å². The normalized spacial score (nSPS) is 29.7. The van der Waals surface area contributed by atoms with E-state index in [-0.39, 0.29) is 24.3 Å². The van der Waals surface area contributed by atoms with Crippen LogP contribution in [0, 0.1) is 5.92 Å². The van der Waals surface area contributed by atoms with Gasteiger partial charge in [0.2, 0.25) is 0 Å². The maximum absolute atomic E-state index is 12.1. The van der Waals surface area contributed by atoms with Gasteiger partial charge in [0.15, 0.2) is 0 Å². The van der Waals surface area contributed by atoms with E-state index < -0.39 is 5.60 Å². The first-order valence-corrected chi connectivity index (χ1v) is 8.03. The zero-order valence-electron chi connectivity index (χ0n) is 14.1. The van der Waals surface area contributed by atoms with E-state index >= 15 is 0 Å². The molecule has 128 valence electrons. The molecule has 3 rings (SSSR count). The third-order valence-corrected chi connectivity index (χ3v) is 4.40. The Morgan fingerprint density at radius 3 is 2.91 bits per heavy atom. The van der Waals surface area contributed by atoms with Gasteiger partial charge in [0.1, 0.15) is 5.60 Å². The van der Waals surface area contributed by atoms with Gasteiger partial charge in [-0.3, -0.25) is 4.68 Å². The molecule has 1 aromatic rings. The number of aromatic nitrogens is 3. The van der Waals surface area contributed by atoms with Crippen molar-refractivity contribution >= 4 is 6.09 Å². The number of ether oxygens (including phenoxy) is 2. The Labute approximate surface area is 135 Å². The predicted octanol–water partition coefficient (Wildman–Crippen LogP) is 0.585. The summed E-state index contributed by atoms with van der Waals surface area (Å²) in [5, 5.41) is 14.2. The average Bonchev–Trinajstić information content (AvgIpc) is 3.02. The van der Waals surface area contributed by atoms with Gasteiger partial charge < -0.3 is 20.1 Å². The minimum atomic E-state index is -0.497. The van der Waals surface area contributed by atoms with E-state index in [4.69, 9.17) is 9.47 Å². The van der Waals surface area contributed by atoms with Gasteiger partial charge in [-0.05, 0) is 27.2 Å². The number of hydrogen-bond acceptors (Lipinski definition) is 6. The van der Waals surface area contributed by atoms with Crippen LogP contribution in [0.5, 0.6) is 0 Å². The highest BCUT2D eigenvalue weighted by atomic mass is 16.6. The molecule has 1 saturated carbocycles. The molecule has 2 fully saturated rings. The van der Waals surface area contributed by atoms with Crippen LogP contribution in [0.2, 0.25) is 0 Å². The smallest absolute Gasteiger partial charge is 0.407 e. The summed E-state index contributed by atoms with van der Waals surface area (Å²) in [6.45, 7) is 6.96. The number of amides is 1. The standard InChI is InChI=1S/C15H25N5O3/c1-15(2,3)23-14(21)18-11-10-5-6-22-13(10)12(11)16-7-9-8-17-19-20(9)4/h8,10-13,16H,5-7H2,1-4H3,(H,18,21). The molecule has 2 aliphatic rings. The van der Waals surface area contributed by atoms with Gasteiger partial charge in [0, 0.05) is 26.1 Å². The number of hydrogen-bond donors (Lipinski definition) is 2. The van der Waals surface area contributed by atoms with Gasteiger partial charge in [-0.2, -0.15) is 0 Å². The molecule has 0 spiro atoms. The summed E-state index contributed by atoms with van der Waals surface area (Å²) in [5.74, 6) is 0.352. The van der Waals surface area contributed by atoms with Crippen molar-refractivity contribution in [2.24, 2.45) is 13.0 Å². The molecule has 1 aliphatic heterocycles. The van der Waals surface area contributed by atoms with Crippen LogP contribution in [0.25, 0.3) is 0 Å². The SMILES string of the molecule is Cn1nncc1CNC1C(NC(=O)OC(C)(C)C)C2CCOC21. The van der Waals surface area contributed by atoms with Crippen molar-refractivity contribution in [3.05, 3.63) is 11.9 Å². The van der Waals surface area contributed by atoms with Crippen molar-refractivity contribution in [3.63, 3.8) is 0 Å². The zero-order valence-corrected chi connectivity index (χ0v) is 14.1. The van der Waals surface area contributed by atoms with Gasteiger partial charge in [0.25, 0.3) is 0 Å². The van der Waals surface area contributed by atoms with Crippen LogP contribution in [-0.2, 0) is 23.1 Å². The second kappa shape index (κ2) is 6.09. The van der Waals surface area contributed by atoms with Crippen LogP contribution in [0.4, 0.5) is 4.79 Å². The first kappa shape index (κ1) is 16.2. The third kappa shape index (κ3) is 3.48. The zero-order chi connectivity index (χ0) is 16.6. The average molecular weight is 323 g/mol. The van der Waals surface area contributed by atoms with Gasteiger partial charge >= 0.3 is 6.09 Å². The molecule has 8 nitrogen and oxygen atoms in total. The molecule has 1 saturated heterocycles. The molecule has 4 atom stereocenters. The fourth-order valence-corrected chi connectivity index (χ4v) is 3.28. The summed E-state index contributed by atoms with van der Waals surface area (Å²) < 4.78 is 12.9. The lowest BCUT2D eigenvalue weighted by Crippen LogP contribution is -2.70. The Kier molecular flexibility index (Phi) is 4.29. The van der Waals surface area contributed by atoms with Crippen LogP contribution < -0.4 is 10.6 Å². The number of nitrogens with zero attached hydrogens (tertiary/aromatic N) is 3. The second-order valence-electron chi connectivity index (χ2n) is 7.22. The molecule has 2 heterocycles. The number of fused-ring (bicyclic) bond motifs is 1. The summed E-state index contributed by atoms with van der Waals surface area (Å²) in [5.41, 5.74) is 0.491. The number of carbonyl (C=O) groups excluding carboxylic acids is 1. The number of rotatable bonds is 4. The summed E-state index contributed by atoms with van der Waals surface area (Å²) in [7, 11) is 1.86. The molecule has 1 aromatic heterocycles. The van der Waals surface area contributed by atoms with Crippen LogP contribution >= 0.6 is 0 Å². The number of carbonyl (C=O) groups is 1. The second-order valence-corrected chi connectivity index (χ2v) is 7.22.